The Bertz CT molecular complexity index is 288. The monoisotopic (exact) mass is 225 g/mol. The van der Waals surface area contributed by atoms with Gasteiger partial charge in [-0.05, 0) is 25.2 Å². The smallest absolute Gasteiger partial charge is 0.223 e. The molecule has 0 aliphatic heterocycles. The van der Waals surface area contributed by atoms with Crippen LogP contribution in [0.2, 0.25) is 0 Å². The minimum Gasteiger partial charge on any atom is -0.392 e. The van der Waals surface area contributed by atoms with Crippen molar-refractivity contribution >= 4 is 5.91 Å². The lowest BCUT2D eigenvalue weighted by Crippen LogP contribution is -2.61. The summed E-state index contributed by atoms with van der Waals surface area (Å²) in [6.07, 6.45) is 3.83. The van der Waals surface area contributed by atoms with E-state index in [2.05, 4.69) is 12.2 Å². The molecule has 0 bridgehead atoms. The zero-order chi connectivity index (χ0) is 11.9. The van der Waals surface area contributed by atoms with Crippen LogP contribution in [-0.2, 0) is 4.79 Å². The molecule has 4 atom stereocenters. The molecule has 1 amide bonds. The van der Waals surface area contributed by atoms with Crippen LogP contribution in [0.4, 0.5) is 0 Å². The maximum absolute atomic E-state index is 12.1. The molecule has 3 nitrogen and oxygen atoms in total. The Morgan fingerprint density at radius 1 is 1.38 bits per heavy atom. The lowest BCUT2D eigenvalue weighted by Gasteiger charge is -2.49. The van der Waals surface area contributed by atoms with Gasteiger partial charge in [0.15, 0.2) is 0 Å². The highest BCUT2D eigenvalue weighted by molar-refractivity contribution is 5.79. The van der Waals surface area contributed by atoms with Crippen molar-refractivity contribution in [1.29, 1.82) is 0 Å². The Kier molecular flexibility index (Phi) is 2.99. The van der Waals surface area contributed by atoms with Crippen molar-refractivity contribution in [3.05, 3.63) is 0 Å². The number of carbonyl (C=O) groups excluding carboxylic acids is 1. The molecule has 2 saturated carbocycles. The maximum Gasteiger partial charge on any atom is 0.223 e. The van der Waals surface area contributed by atoms with E-state index in [1.54, 1.807) is 0 Å². The van der Waals surface area contributed by atoms with E-state index in [4.69, 9.17) is 0 Å². The van der Waals surface area contributed by atoms with Crippen LogP contribution in [0.3, 0.4) is 0 Å². The average molecular weight is 225 g/mol. The lowest BCUT2D eigenvalue weighted by atomic mass is 9.64. The Morgan fingerprint density at radius 2 is 2.06 bits per heavy atom. The average Bonchev–Trinajstić information content (AvgIpc) is 2.64. The van der Waals surface area contributed by atoms with Gasteiger partial charge in [0.05, 0.1) is 6.10 Å². The molecule has 0 aromatic rings. The van der Waals surface area contributed by atoms with Gasteiger partial charge in [-0.2, -0.15) is 0 Å². The molecule has 2 rings (SSSR count). The predicted octanol–water partition coefficient (Wildman–Crippen LogP) is 1.70. The fraction of sp³-hybridized carbons (Fsp3) is 0.923. The van der Waals surface area contributed by atoms with Gasteiger partial charge in [0.2, 0.25) is 5.91 Å². The lowest BCUT2D eigenvalue weighted by molar-refractivity contribution is -0.133. The fourth-order valence-corrected chi connectivity index (χ4v) is 2.96. The van der Waals surface area contributed by atoms with Crippen LogP contribution in [0.15, 0.2) is 0 Å². The van der Waals surface area contributed by atoms with Crippen molar-refractivity contribution in [2.45, 2.75) is 58.6 Å². The van der Waals surface area contributed by atoms with Crippen LogP contribution in [0.25, 0.3) is 0 Å². The molecule has 2 aliphatic rings. The van der Waals surface area contributed by atoms with E-state index in [0.29, 0.717) is 12.3 Å². The first kappa shape index (κ1) is 11.9. The van der Waals surface area contributed by atoms with Gasteiger partial charge in [-0.3, -0.25) is 4.79 Å². The molecule has 16 heavy (non-hydrogen) atoms. The number of amides is 1. The van der Waals surface area contributed by atoms with Crippen molar-refractivity contribution in [1.82, 2.24) is 5.32 Å². The second kappa shape index (κ2) is 4.02. The van der Waals surface area contributed by atoms with Crippen molar-refractivity contribution in [3.63, 3.8) is 0 Å². The summed E-state index contributed by atoms with van der Waals surface area (Å²) in [7, 11) is 0. The minimum absolute atomic E-state index is 0.155. The van der Waals surface area contributed by atoms with Crippen LogP contribution in [0, 0.1) is 17.3 Å². The number of hydrogen-bond donors (Lipinski definition) is 2. The van der Waals surface area contributed by atoms with Gasteiger partial charge >= 0.3 is 0 Å². The van der Waals surface area contributed by atoms with Gasteiger partial charge in [-0.1, -0.05) is 27.2 Å². The van der Waals surface area contributed by atoms with E-state index < -0.39 is 0 Å². The normalized spacial score (nSPS) is 41.5. The Labute approximate surface area is 97.6 Å². The molecule has 0 aromatic carbocycles. The Morgan fingerprint density at radius 3 is 2.50 bits per heavy atom. The van der Waals surface area contributed by atoms with Gasteiger partial charge in [0.1, 0.15) is 0 Å². The van der Waals surface area contributed by atoms with E-state index in [1.807, 2.05) is 13.8 Å². The van der Waals surface area contributed by atoms with E-state index >= 15 is 0 Å². The predicted molar refractivity (Wildman–Crippen MR) is 62.8 cm³/mol. The highest BCUT2D eigenvalue weighted by Crippen LogP contribution is 2.41. The third-order valence-corrected chi connectivity index (χ3v) is 4.73. The molecule has 0 heterocycles. The quantitative estimate of drug-likeness (QED) is 0.751. The van der Waals surface area contributed by atoms with Crippen molar-refractivity contribution in [2.24, 2.45) is 17.3 Å². The molecule has 3 heteroatoms. The number of aliphatic hydroxyl groups is 1. The summed E-state index contributed by atoms with van der Waals surface area (Å²) in [6.45, 7) is 6.20. The largest absolute Gasteiger partial charge is 0.392 e. The van der Waals surface area contributed by atoms with Crippen molar-refractivity contribution in [2.75, 3.05) is 0 Å². The molecule has 0 aromatic heterocycles. The first-order valence-corrected chi connectivity index (χ1v) is 6.41. The van der Waals surface area contributed by atoms with Gasteiger partial charge in [0, 0.05) is 17.4 Å². The van der Waals surface area contributed by atoms with E-state index in [9.17, 15) is 9.90 Å². The Balaban J connectivity index is 1.89. The number of rotatable bonds is 2. The summed E-state index contributed by atoms with van der Waals surface area (Å²) in [4.78, 5) is 12.1. The summed E-state index contributed by atoms with van der Waals surface area (Å²) >= 11 is 0. The number of hydrogen-bond acceptors (Lipinski definition) is 2. The summed E-state index contributed by atoms with van der Waals surface area (Å²) in [6, 6.07) is 0.155. The van der Waals surface area contributed by atoms with E-state index in [1.165, 1.54) is 12.8 Å². The molecule has 2 fully saturated rings. The number of aliphatic hydroxyl groups excluding tert-OH is 1. The van der Waals surface area contributed by atoms with E-state index in [-0.39, 0.29) is 29.4 Å². The van der Waals surface area contributed by atoms with Crippen LogP contribution in [0.1, 0.15) is 46.5 Å². The molecule has 2 N–H and O–H groups in total. The SMILES string of the molecule is CC1CCCC1C(=O)NC1CC(O)C1(C)C. The zero-order valence-electron chi connectivity index (χ0n) is 10.5. The molecular weight excluding hydrogens is 202 g/mol. The molecule has 92 valence electrons. The molecule has 2 aliphatic carbocycles. The van der Waals surface area contributed by atoms with Crippen LogP contribution >= 0.6 is 0 Å². The summed E-state index contributed by atoms with van der Waals surface area (Å²) in [5.41, 5.74) is -0.155. The molecule has 0 radical (unpaired) electrons. The highest BCUT2D eigenvalue weighted by Gasteiger charge is 2.48. The maximum atomic E-state index is 12.1. The fourth-order valence-electron chi connectivity index (χ4n) is 2.96. The minimum atomic E-state index is -0.265. The third-order valence-electron chi connectivity index (χ3n) is 4.73. The van der Waals surface area contributed by atoms with Gasteiger partial charge in [0.25, 0.3) is 0 Å². The Hall–Kier alpha value is -0.570. The molecular formula is C13H23NO2. The van der Waals surface area contributed by atoms with Gasteiger partial charge < -0.3 is 10.4 Å². The number of nitrogens with one attached hydrogen (secondary N) is 1. The van der Waals surface area contributed by atoms with Gasteiger partial charge in [-0.25, -0.2) is 0 Å². The van der Waals surface area contributed by atoms with Crippen molar-refractivity contribution in [3.8, 4) is 0 Å². The summed E-state index contributed by atoms with van der Waals surface area (Å²) < 4.78 is 0. The third kappa shape index (κ3) is 1.86. The zero-order valence-corrected chi connectivity index (χ0v) is 10.5. The van der Waals surface area contributed by atoms with Crippen LogP contribution < -0.4 is 5.32 Å². The van der Waals surface area contributed by atoms with Crippen molar-refractivity contribution < 1.29 is 9.90 Å². The van der Waals surface area contributed by atoms with Crippen LogP contribution in [-0.4, -0.2) is 23.2 Å². The second-order valence-electron chi connectivity index (χ2n) is 6.15. The first-order chi connectivity index (χ1) is 7.43. The summed E-state index contributed by atoms with van der Waals surface area (Å²) in [5.74, 6) is 0.927. The topological polar surface area (TPSA) is 49.3 Å². The molecule has 4 unspecified atom stereocenters. The van der Waals surface area contributed by atoms with E-state index in [0.717, 1.165) is 6.42 Å². The van der Waals surface area contributed by atoms with Crippen LogP contribution in [0.5, 0.6) is 0 Å². The van der Waals surface area contributed by atoms with Gasteiger partial charge in [-0.15, -0.1) is 0 Å². The molecule has 0 saturated heterocycles. The second-order valence-corrected chi connectivity index (χ2v) is 6.15. The molecule has 0 spiro atoms. The summed E-state index contributed by atoms with van der Waals surface area (Å²) in [5, 5.41) is 12.7. The first-order valence-electron chi connectivity index (χ1n) is 6.41. The standard InChI is InChI=1S/C13H23NO2/c1-8-5-4-6-9(8)12(16)14-10-7-11(15)13(10,2)3/h8-11,15H,4-7H2,1-3H3,(H,14,16). The number of carbonyl (C=O) groups is 1. The highest BCUT2D eigenvalue weighted by atomic mass is 16.3.